The molecule has 2 N–H and O–H groups in total. The van der Waals surface area contributed by atoms with Crippen LogP contribution in [-0.4, -0.2) is 34.2 Å². The molecule has 0 aliphatic heterocycles. The average Bonchev–Trinajstić information content (AvgIpc) is 3.06. The first-order valence-corrected chi connectivity index (χ1v) is 8.55. The summed E-state index contributed by atoms with van der Waals surface area (Å²) in [6, 6.07) is 14.4. The van der Waals surface area contributed by atoms with E-state index < -0.39 is 0 Å². The van der Waals surface area contributed by atoms with E-state index in [4.69, 9.17) is 0 Å². The van der Waals surface area contributed by atoms with Crippen molar-refractivity contribution in [3.8, 4) is 0 Å². The minimum Gasteiger partial charge on any atom is -0.356 e. The molecular formula is C19H24N6. The first-order valence-electron chi connectivity index (χ1n) is 8.55. The zero-order valence-corrected chi connectivity index (χ0v) is 14.7. The number of pyridine rings is 1. The molecule has 0 amide bonds. The summed E-state index contributed by atoms with van der Waals surface area (Å²) in [6.45, 7) is 3.68. The highest BCUT2D eigenvalue weighted by Crippen LogP contribution is 2.05. The van der Waals surface area contributed by atoms with Gasteiger partial charge in [-0.2, -0.15) is 0 Å². The van der Waals surface area contributed by atoms with Crippen molar-refractivity contribution in [2.45, 2.75) is 26.3 Å². The standard InChI is InChI=1S/C19H24N6/c1-15-8-10-16(11-9-15)14-22-19(20-2)21-12-5-7-18-24-23-17-6-3-4-13-25(17)18/h3-4,6,8-11,13H,5,7,12,14H2,1-2H3,(H2,20,21,22). The predicted octanol–water partition coefficient (Wildman–Crippen LogP) is 2.34. The third-order valence-electron chi connectivity index (χ3n) is 4.06. The normalized spacial score (nSPS) is 11.7. The van der Waals surface area contributed by atoms with Gasteiger partial charge in [0, 0.05) is 32.8 Å². The van der Waals surface area contributed by atoms with E-state index in [2.05, 4.69) is 57.0 Å². The summed E-state index contributed by atoms with van der Waals surface area (Å²) >= 11 is 0. The van der Waals surface area contributed by atoms with E-state index in [1.807, 2.05) is 28.8 Å². The number of fused-ring (bicyclic) bond motifs is 1. The maximum absolute atomic E-state index is 4.27. The van der Waals surface area contributed by atoms with Gasteiger partial charge in [0.15, 0.2) is 11.6 Å². The smallest absolute Gasteiger partial charge is 0.191 e. The number of guanidine groups is 1. The van der Waals surface area contributed by atoms with Crippen LogP contribution >= 0.6 is 0 Å². The lowest BCUT2D eigenvalue weighted by atomic mass is 10.1. The van der Waals surface area contributed by atoms with E-state index in [9.17, 15) is 0 Å². The molecule has 3 rings (SSSR count). The molecule has 130 valence electrons. The van der Waals surface area contributed by atoms with E-state index in [-0.39, 0.29) is 0 Å². The lowest BCUT2D eigenvalue weighted by Crippen LogP contribution is -2.37. The number of nitrogens with zero attached hydrogens (tertiary/aromatic N) is 4. The molecular weight excluding hydrogens is 312 g/mol. The molecule has 0 radical (unpaired) electrons. The Morgan fingerprint density at radius 2 is 1.92 bits per heavy atom. The van der Waals surface area contributed by atoms with Crippen molar-refractivity contribution in [1.82, 2.24) is 25.2 Å². The van der Waals surface area contributed by atoms with Gasteiger partial charge in [-0.1, -0.05) is 35.9 Å². The van der Waals surface area contributed by atoms with E-state index in [1.54, 1.807) is 7.05 Å². The molecule has 0 bridgehead atoms. The largest absolute Gasteiger partial charge is 0.356 e. The van der Waals surface area contributed by atoms with Crippen LogP contribution in [0.4, 0.5) is 0 Å². The molecule has 25 heavy (non-hydrogen) atoms. The van der Waals surface area contributed by atoms with Crippen molar-refractivity contribution < 1.29 is 0 Å². The minimum atomic E-state index is 0.759. The highest BCUT2D eigenvalue weighted by Gasteiger charge is 2.04. The van der Waals surface area contributed by atoms with Gasteiger partial charge in [0.25, 0.3) is 0 Å². The maximum Gasteiger partial charge on any atom is 0.191 e. The summed E-state index contributed by atoms with van der Waals surface area (Å²) in [5, 5.41) is 15.1. The second kappa shape index (κ2) is 8.28. The Bertz CT molecular complexity index is 835. The van der Waals surface area contributed by atoms with Crippen LogP contribution in [0.2, 0.25) is 0 Å². The minimum absolute atomic E-state index is 0.759. The lowest BCUT2D eigenvalue weighted by molar-refractivity contribution is 0.714. The van der Waals surface area contributed by atoms with Gasteiger partial charge >= 0.3 is 0 Å². The second-order valence-electron chi connectivity index (χ2n) is 5.99. The Kier molecular flexibility index (Phi) is 5.61. The lowest BCUT2D eigenvalue weighted by Gasteiger charge is -2.12. The zero-order chi connectivity index (χ0) is 17.5. The van der Waals surface area contributed by atoms with Crippen molar-refractivity contribution in [3.63, 3.8) is 0 Å². The van der Waals surface area contributed by atoms with Gasteiger partial charge in [0.2, 0.25) is 0 Å². The Hall–Kier alpha value is -2.89. The van der Waals surface area contributed by atoms with Crippen LogP contribution in [0.15, 0.2) is 53.7 Å². The fourth-order valence-corrected chi connectivity index (χ4v) is 2.63. The molecule has 6 heteroatoms. The summed E-state index contributed by atoms with van der Waals surface area (Å²) in [7, 11) is 1.79. The number of aliphatic imine (C=N–C) groups is 1. The molecule has 1 aromatic carbocycles. The molecule has 6 nitrogen and oxygen atoms in total. The van der Waals surface area contributed by atoms with Crippen LogP contribution in [0.1, 0.15) is 23.4 Å². The Balaban J connectivity index is 1.43. The molecule has 0 aliphatic carbocycles. The van der Waals surface area contributed by atoms with Gasteiger partial charge in [0.1, 0.15) is 5.82 Å². The fraction of sp³-hybridized carbons (Fsp3) is 0.316. The quantitative estimate of drug-likeness (QED) is 0.412. The first-order chi connectivity index (χ1) is 12.3. The highest BCUT2D eigenvalue weighted by molar-refractivity contribution is 5.79. The third kappa shape index (κ3) is 4.56. The Morgan fingerprint density at radius 3 is 2.72 bits per heavy atom. The van der Waals surface area contributed by atoms with E-state index in [1.165, 1.54) is 11.1 Å². The topological polar surface area (TPSA) is 66.6 Å². The molecule has 0 aliphatic rings. The zero-order valence-electron chi connectivity index (χ0n) is 14.7. The number of aromatic nitrogens is 3. The molecule has 2 aromatic heterocycles. The van der Waals surface area contributed by atoms with Gasteiger partial charge in [-0.15, -0.1) is 10.2 Å². The predicted molar refractivity (Wildman–Crippen MR) is 101 cm³/mol. The number of benzene rings is 1. The fourth-order valence-electron chi connectivity index (χ4n) is 2.63. The molecule has 0 unspecified atom stereocenters. The van der Waals surface area contributed by atoms with Crippen LogP contribution in [0.25, 0.3) is 5.65 Å². The highest BCUT2D eigenvalue weighted by atomic mass is 15.2. The summed E-state index contributed by atoms with van der Waals surface area (Å²) < 4.78 is 2.03. The number of nitrogens with one attached hydrogen (secondary N) is 2. The SMILES string of the molecule is CN=C(NCCCc1nnc2ccccn12)NCc1ccc(C)cc1. The summed E-state index contributed by atoms with van der Waals surface area (Å²) in [5.74, 6) is 1.80. The van der Waals surface area contributed by atoms with Gasteiger partial charge in [0.05, 0.1) is 0 Å². The number of hydrogen-bond donors (Lipinski definition) is 2. The number of aryl methyl sites for hydroxylation is 2. The van der Waals surface area contributed by atoms with Crippen molar-refractivity contribution in [3.05, 3.63) is 65.6 Å². The monoisotopic (exact) mass is 336 g/mol. The molecule has 0 fully saturated rings. The van der Waals surface area contributed by atoms with Gasteiger partial charge in [-0.25, -0.2) is 0 Å². The van der Waals surface area contributed by atoms with Crippen LogP contribution < -0.4 is 10.6 Å². The molecule has 0 saturated heterocycles. The Labute approximate surface area is 148 Å². The molecule has 3 aromatic rings. The van der Waals surface area contributed by atoms with E-state index in [0.717, 1.165) is 43.4 Å². The van der Waals surface area contributed by atoms with Crippen molar-refractivity contribution in [1.29, 1.82) is 0 Å². The van der Waals surface area contributed by atoms with Crippen molar-refractivity contribution in [2.75, 3.05) is 13.6 Å². The van der Waals surface area contributed by atoms with E-state index >= 15 is 0 Å². The number of hydrogen-bond acceptors (Lipinski definition) is 3. The third-order valence-corrected chi connectivity index (χ3v) is 4.06. The summed E-state index contributed by atoms with van der Waals surface area (Å²) in [5.41, 5.74) is 3.40. The average molecular weight is 336 g/mol. The molecule has 0 spiro atoms. The van der Waals surface area contributed by atoms with Crippen LogP contribution in [-0.2, 0) is 13.0 Å². The second-order valence-corrected chi connectivity index (χ2v) is 5.99. The number of rotatable bonds is 6. The Morgan fingerprint density at radius 1 is 1.08 bits per heavy atom. The molecule has 2 heterocycles. The van der Waals surface area contributed by atoms with Crippen LogP contribution in [0.3, 0.4) is 0 Å². The van der Waals surface area contributed by atoms with Gasteiger partial charge < -0.3 is 10.6 Å². The van der Waals surface area contributed by atoms with Gasteiger partial charge in [-0.3, -0.25) is 9.39 Å². The summed E-state index contributed by atoms with van der Waals surface area (Å²) in [6.07, 6.45) is 3.83. The molecule has 0 atom stereocenters. The van der Waals surface area contributed by atoms with E-state index in [0.29, 0.717) is 0 Å². The first kappa shape index (κ1) is 17.0. The van der Waals surface area contributed by atoms with Crippen molar-refractivity contribution in [2.24, 2.45) is 4.99 Å². The summed E-state index contributed by atoms with van der Waals surface area (Å²) in [4.78, 5) is 4.27. The molecule has 0 saturated carbocycles. The van der Waals surface area contributed by atoms with Crippen molar-refractivity contribution >= 4 is 11.6 Å². The van der Waals surface area contributed by atoms with Crippen LogP contribution in [0, 0.1) is 6.92 Å². The maximum atomic E-state index is 4.27. The van der Waals surface area contributed by atoms with Gasteiger partial charge in [-0.05, 0) is 31.0 Å². The van der Waals surface area contributed by atoms with Crippen LogP contribution in [0.5, 0.6) is 0 Å².